The molecule has 0 aliphatic carbocycles. The number of nitrogens with one attached hydrogen (secondary N) is 1. The Hall–Kier alpha value is -5.00. The van der Waals surface area contributed by atoms with Crippen molar-refractivity contribution in [3.8, 4) is 0 Å². The van der Waals surface area contributed by atoms with Gasteiger partial charge in [0.15, 0.2) is 30.8 Å². The van der Waals surface area contributed by atoms with E-state index in [0.717, 1.165) is 6.42 Å². The van der Waals surface area contributed by atoms with Gasteiger partial charge in [-0.15, -0.1) is 11.8 Å². The fourth-order valence-corrected chi connectivity index (χ4v) is 16.9. The van der Waals surface area contributed by atoms with Gasteiger partial charge in [0.25, 0.3) is 0 Å². The maximum atomic E-state index is 15.3. The molecule has 4 N–H and O–H groups in total. The molecule has 1 aromatic rings. The number of aliphatic hydroxyl groups is 2. The van der Waals surface area contributed by atoms with Crippen molar-refractivity contribution in [3.63, 3.8) is 0 Å². The summed E-state index contributed by atoms with van der Waals surface area (Å²) in [5.41, 5.74) is -3.44. The molecule has 7 aliphatic rings. The van der Waals surface area contributed by atoms with Crippen LogP contribution in [0.4, 0.5) is 0 Å². The Morgan fingerprint density at radius 2 is 1.58 bits per heavy atom. The fraction of sp³-hybridized carbons (Fsp3) is 0.776. The van der Waals surface area contributed by atoms with E-state index >= 15 is 4.79 Å². The summed E-state index contributed by atoms with van der Waals surface area (Å²) in [5.74, 6) is -8.25. The Labute approximate surface area is 551 Å². The fourth-order valence-electron chi connectivity index (χ4n) is 15.3. The highest BCUT2D eigenvalue weighted by molar-refractivity contribution is 8.01. The topological polar surface area (TPSA) is 297 Å². The second kappa shape index (κ2) is 29.8. The van der Waals surface area contributed by atoms with Crippen LogP contribution in [0.3, 0.4) is 0 Å². The molecule has 25 nitrogen and oxygen atoms in total. The zero-order chi connectivity index (χ0) is 68.6. The lowest BCUT2D eigenvalue weighted by Crippen LogP contribution is -2.70. The number of thioether (sulfide) groups is 1. The predicted molar refractivity (Wildman–Crippen MR) is 339 cm³/mol. The van der Waals surface area contributed by atoms with Gasteiger partial charge in [0.05, 0.1) is 68.0 Å². The molecule has 7 heterocycles. The van der Waals surface area contributed by atoms with E-state index in [-0.39, 0.29) is 61.5 Å². The number of ether oxygens (including phenoxy) is 10. The Morgan fingerprint density at radius 3 is 2.20 bits per heavy atom. The monoisotopic (exact) mass is 1330 g/mol. The number of β-lactam (4-membered cyclic amide) rings is 2. The van der Waals surface area contributed by atoms with Crippen LogP contribution in [-0.4, -0.2) is 244 Å². The number of rotatable bonds is 20. The summed E-state index contributed by atoms with van der Waals surface area (Å²) in [6.45, 7) is 24.6. The lowest BCUT2D eigenvalue weighted by atomic mass is 9.71. The van der Waals surface area contributed by atoms with Crippen LogP contribution >= 0.6 is 11.8 Å². The van der Waals surface area contributed by atoms with E-state index in [0.29, 0.717) is 24.9 Å². The predicted octanol–water partition coefficient (Wildman–Crippen LogP) is 4.96. The van der Waals surface area contributed by atoms with Crippen LogP contribution in [0.25, 0.3) is 0 Å². The number of cyclic esters (lactones) is 1. The second-order valence-corrected chi connectivity index (χ2v) is 30.5. The van der Waals surface area contributed by atoms with Gasteiger partial charge in [-0.05, 0) is 119 Å². The number of hydrogen-bond acceptors (Lipinski definition) is 22. The number of carboxylic acid groups (broad SMARTS) is 1. The van der Waals surface area contributed by atoms with Gasteiger partial charge < -0.3 is 77.8 Å². The van der Waals surface area contributed by atoms with Gasteiger partial charge in [-0.3, -0.25) is 38.6 Å². The lowest BCUT2D eigenvalue weighted by molar-refractivity contribution is -0.311. The molecular weight excluding hydrogens is 1230 g/mol. The summed E-state index contributed by atoms with van der Waals surface area (Å²) in [6, 6.07) is 5.03. The van der Waals surface area contributed by atoms with Crippen LogP contribution in [-0.2, 0) is 80.9 Å². The smallest absolute Gasteiger partial charge is 0.336 e. The standard InChI is InChI=1S/C67H103N5O20S/c1-18-45-67(13,82)56(90-48(75)25-27-84-63(81)53-43(24-26-73)88-47-30-46(74)72(47)53)39(6)70(16)33-35(2)31-64(8,9)55(92-49-29-42(69(14)15)28-36(3)86-49)37(4)54(38(5)62(80)89-45)91-50-32-66(12,83-17)57(40(7)87-50)85-34-44-65(10,11)93-60-52(59(77)71(44)60)68-58(76)51(61(78)79)41-22-20-19-21-23-41/h19-24,35-40,42,44-45,47,49-57,60,73,82H,18,25-34H2,1-17H3,(H,68,76)(H,78,79)/t35-,36-,37+,38-,39-,40+,42+,44?,45-,47?,49+,50+,51?,52?,53?,54+,55-,56-,57+,60?,66-,67-/m1/s1. The largest absolute Gasteiger partial charge is 0.480 e. The highest BCUT2D eigenvalue weighted by atomic mass is 32.2. The van der Waals surface area contributed by atoms with Gasteiger partial charge >= 0.3 is 23.9 Å². The Balaban J connectivity index is 1.03. The first kappa shape index (κ1) is 73.8. The van der Waals surface area contributed by atoms with Crippen LogP contribution < -0.4 is 5.32 Å². The molecule has 3 amide bonds. The first-order chi connectivity index (χ1) is 43.6. The van der Waals surface area contributed by atoms with Crippen LogP contribution in [0.5, 0.6) is 0 Å². The van der Waals surface area contributed by atoms with Gasteiger partial charge in [0.2, 0.25) is 17.7 Å². The van der Waals surface area contributed by atoms with Gasteiger partial charge in [0.1, 0.15) is 47.7 Å². The summed E-state index contributed by atoms with van der Waals surface area (Å²) < 4.78 is 64.4. The van der Waals surface area contributed by atoms with Crippen LogP contribution in [0, 0.1) is 23.2 Å². The third kappa shape index (κ3) is 15.9. The van der Waals surface area contributed by atoms with Crippen LogP contribution in [0.1, 0.15) is 146 Å². The maximum absolute atomic E-state index is 15.3. The molecule has 93 heavy (non-hydrogen) atoms. The normalized spacial score (nSPS) is 38.9. The molecule has 22 atom stereocenters. The first-order valence-corrected chi connectivity index (χ1v) is 33.8. The molecule has 0 saturated carbocycles. The highest BCUT2D eigenvalue weighted by Gasteiger charge is 2.63. The van der Waals surface area contributed by atoms with Gasteiger partial charge in [-0.2, -0.15) is 0 Å². The summed E-state index contributed by atoms with van der Waals surface area (Å²) in [6.07, 6.45) is -4.83. The summed E-state index contributed by atoms with van der Waals surface area (Å²) in [7, 11) is 7.54. The van der Waals surface area contributed by atoms with E-state index in [1.165, 1.54) is 29.7 Å². The molecule has 6 unspecified atom stereocenters. The number of carbonyl (C=O) groups excluding carboxylic acids is 6. The van der Waals surface area contributed by atoms with E-state index in [2.05, 4.69) is 31.0 Å². The number of fused-ring (bicyclic) bond motifs is 2. The number of methoxy groups -OCH3 is 1. The molecule has 0 aromatic heterocycles. The van der Waals surface area contributed by atoms with E-state index in [4.69, 9.17) is 47.4 Å². The van der Waals surface area contributed by atoms with Crippen molar-refractivity contribution in [2.24, 2.45) is 23.2 Å². The van der Waals surface area contributed by atoms with Crippen LogP contribution in [0.15, 0.2) is 42.2 Å². The van der Waals surface area contributed by atoms with E-state index in [1.54, 1.807) is 56.2 Å². The van der Waals surface area contributed by atoms with Crippen molar-refractivity contribution in [1.82, 2.24) is 24.9 Å². The van der Waals surface area contributed by atoms with Crippen molar-refractivity contribution < 1.29 is 96.2 Å². The molecular formula is C67H103N5O20S. The molecule has 7 saturated heterocycles. The average molecular weight is 1330 g/mol. The average Bonchev–Trinajstić information content (AvgIpc) is 1.58. The molecule has 0 spiro atoms. The van der Waals surface area contributed by atoms with Gasteiger partial charge in [-0.1, -0.05) is 65.0 Å². The van der Waals surface area contributed by atoms with E-state index < -0.39 is 174 Å². The van der Waals surface area contributed by atoms with E-state index in [1.807, 2.05) is 74.5 Å². The Bertz CT molecular complexity index is 2860. The molecule has 0 bridgehead atoms. The number of amides is 3. The number of nitrogens with zero attached hydrogens (tertiary/aromatic N) is 4. The molecule has 0 radical (unpaired) electrons. The van der Waals surface area contributed by atoms with Crippen molar-refractivity contribution >= 4 is 53.4 Å². The maximum Gasteiger partial charge on any atom is 0.336 e. The SMILES string of the molecule is CC[C@H]1OC(=O)[C@H](C)[C@@H](O[C@H]2C[C@@](C)(OC)[C@@H](OCC3N4C(=O)C(NC(=O)C(C(=O)O)c5ccccc5)C4SC3(C)C)[C@H](C)O2)[C@H](C)[C@@H](O[C@H]2C[C@@H](N(C)C)C[C@@H](C)O2)C(C)(C)C[C@@H](C)CN(C)[C@H](C)[C@@H](OC(=O)CCOC(=O)C2C(=CCO)OC3CC(=O)N32)[C@]1(C)O. The Kier molecular flexibility index (Phi) is 23.6. The minimum absolute atomic E-state index is 0.0460. The van der Waals surface area contributed by atoms with Gasteiger partial charge in [0, 0.05) is 49.2 Å². The zero-order valence-electron chi connectivity index (χ0n) is 57.3. The molecule has 26 heteroatoms. The number of benzene rings is 1. The van der Waals surface area contributed by atoms with Crippen molar-refractivity contribution in [2.75, 3.05) is 54.6 Å². The minimum Gasteiger partial charge on any atom is -0.480 e. The highest BCUT2D eigenvalue weighted by Crippen LogP contribution is 2.52. The number of carboxylic acids is 1. The number of hydrogen-bond donors (Lipinski definition) is 4. The Morgan fingerprint density at radius 1 is 0.892 bits per heavy atom. The first-order valence-electron chi connectivity index (χ1n) is 32.9. The number of esters is 3. The summed E-state index contributed by atoms with van der Waals surface area (Å²) in [5, 5.41) is 34.8. The second-order valence-electron chi connectivity index (χ2n) is 28.7. The zero-order valence-corrected chi connectivity index (χ0v) is 58.1. The molecule has 1 aromatic carbocycles. The van der Waals surface area contributed by atoms with Crippen molar-refractivity contribution in [1.29, 1.82) is 0 Å². The minimum atomic E-state index is -2.02. The third-order valence-electron chi connectivity index (χ3n) is 20.4. The summed E-state index contributed by atoms with van der Waals surface area (Å²) >= 11 is 1.50. The number of aliphatic hydroxyl groups excluding tert-OH is 1. The van der Waals surface area contributed by atoms with Crippen molar-refractivity contribution in [2.45, 2.75) is 254 Å². The van der Waals surface area contributed by atoms with E-state index in [9.17, 15) is 44.1 Å². The van der Waals surface area contributed by atoms with Gasteiger partial charge in [-0.25, -0.2) is 4.79 Å². The number of likely N-dealkylation sites (N-methyl/N-ethyl adjacent to an activating group) is 1. The molecule has 8 rings (SSSR count). The quantitative estimate of drug-likeness (QED) is 0.0580. The van der Waals surface area contributed by atoms with Crippen molar-refractivity contribution in [3.05, 3.63) is 47.7 Å². The third-order valence-corrected chi connectivity index (χ3v) is 22.0. The number of aliphatic carboxylic acids is 1. The van der Waals surface area contributed by atoms with Crippen LogP contribution in [0.2, 0.25) is 0 Å². The summed E-state index contributed by atoms with van der Waals surface area (Å²) in [4.78, 5) is 102. The number of carbonyl (C=O) groups is 7. The molecule has 7 aliphatic heterocycles. The molecule has 7 fully saturated rings. The molecule has 522 valence electrons. The lowest BCUT2D eigenvalue weighted by Gasteiger charge is -2.50.